The average molecular weight is 284 g/mol. The Bertz CT molecular complexity index is 759. The van der Waals surface area contributed by atoms with Gasteiger partial charge in [0, 0.05) is 29.7 Å². The number of hydrogen-bond donors (Lipinski definition) is 2. The zero-order valence-electron chi connectivity index (χ0n) is 11.6. The highest BCUT2D eigenvalue weighted by molar-refractivity contribution is 6.06. The second-order valence-corrected chi connectivity index (χ2v) is 4.91. The predicted octanol–water partition coefficient (Wildman–Crippen LogP) is 2.23. The summed E-state index contributed by atoms with van der Waals surface area (Å²) in [7, 11) is 1.94. The van der Waals surface area contributed by atoms with Crippen molar-refractivity contribution < 1.29 is 14.3 Å². The molecule has 0 fully saturated rings. The van der Waals surface area contributed by atoms with Crippen LogP contribution in [0.1, 0.15) is 22.2 Å². The number of nitrogens with one attached hydrogen (secondary N) is 1. The van der Waals surface area contributed by atoms with E-state index in [1.165, 1.54) is 6.26 Å². The summed E-state index contributed by atoms with van der Waals surface area (Å²) in [5, 5.41) is 13.5. The Hall–Kier alpha value is -2.53. The molecule has 1 amide bonds. The highest BCUT2D eigenvalue weighted by Gasteiger charge is 2.15. The van der Waals surface area contributed by atoms with E-state index in [1.54, 1.807) is 18.2 Å². The normalized spacial score (nSPS) is 12.5. The van der Waals surface area contributed by atoms with Gasteiger partial charge in [0.1, 0.15) is 11.9 Å². The van der Waals surface area contributed by atoms with Gasteiger partial charge in [0.05, 0.1) is 12.8 Å². The molecule has 0 aliphatic heterocycles. The number of aliphatic hydroxyl groups excluding tert-OH is 1. The van der Waals surface area contributed by atoms with Crippen LogP contribution in [0.5, 0.6) is 0 Å². The Balaban J connectivity index is 1.75. The topological polar surface area (TPSA) is 67.4 Å². The largest absolute Gasteiger partial charge is 0.467 e. The molecule has 5 heteroatoms. The van der Waals surface area contributed by atoms with E-state index in [4.69, 9.17) is 4.42 Å². The van der Waals surface area contributed by atoms with Gasteiger partial charge in [0.25, 0.3) is 5.91 Å². The van der Waals surface area contributed by atoms with Gasteiger partial charge in [-0.15, -0.1) is 0 Å². The van der Waals surface area contributed by atoms with Gasteiger partial charge in [-0.05, 0) is 30.3 Å². The first-order chi connectivity index (χ1) is 10.2. The molecule has 2 heterocycles. The summed E-state index contributed by atoms with van der Waals surface area (Å²) in [5.74, 6) is 0.227. The SMILES string of the molecule is Cn1ccc2c(C(=O)NCC(O)c3ccco3)cccc21. The third-order valence-electron chi connectivity index (χ3n) is 3.50. The molecule has 2 N–H and O–H groups in total. The van der Waals surface area contributed by atoms with Crippen LogP contribution in [-0.2, 0) is 7.05 Å². The van der Waals surface area contributed by atoms with Crippen LogP contribution < -0.4 is 5.32 Å². The minimum absolute atomic E-state index is 0.107. The first-order valence-corrected chi connectivity index (χ1v) is 6.70. The van der Waals surface area contributed by atoms with Crippen LogP contribution >= 0.6 is 0 Å². The lowest BCUT2D eigenvalue weighted by Crippen LogP contribution is -2.28. The molecule has 1 atom stereocenters. The van der Waals surface area contributed by atoms with E-state index in [2.05, 4.69) is 5.32 Å². The molecule has 0 radical (unpaired) electrons. The number of carbonyl (C=O) groups is 1. The third kappa shape index (κ3) is 2.55. The zero-order chi connectivity index (χ0) is 14.8. The summed E-state index contributed by atoms with van der Waals surface area (Å²) in [6.45, 7) is 0.107. The number of nitrogens with zero attached hydrogens (tertiary/aromatic N) is 1. The minimum Gasteiger partial charge on any atom is -0.467 e. The van der Waals surface area contributed by atoms with E-state index in [9.17, 15) is 9.90 Å². The van der Waals surface area contributed by atoms with E-state index in [0.29, 0.717) is 11.3 Å². The van der Waals surface area contributed by atoms with Gasteiger partial charge in [-0.2, -0.15) is 0 Å². The highest BCUT2D eigenvalue weighted by atomic mass is 16.4. The second kappa shape index (κ2) is 5.46. The van der Waals surface area contributed by atoms with E-state index in [0.717, 1.165) is 10.9 Å². The van der Waals surface area contributed by atoms with Crippen LogP contribution in [0.4, 0.5) is 0 Å². The smallest absolute Gasteiger partial charge is 0.252 e. The fourth-order valence-electron chi connectivity index (χ4n) is 2.37. The van der Waals surface area contributed by atoms with Gasteiger partial charge >= 0.3 is 0 Å². The van der Waals surface area contributed by atoms with Crippen molar-refractivity contribution in [1.82, 2.24) is 9.88 Å². The molecule has 108 valence electrons. The summed E-state index contributed by atoms with van der Waals surface area (Å²) in [4.78, 5) is 12.3. The van der Waals surface area contributed by atoms with E-state index in [1.807, 2.05) is 36.0 Å². The molecular formula is C16H16N2O3. The third-order valence-corrected chi connectivity index (χ3v) is 3.50. The Morgan fingerprint density at radius 2 is 2.19 bits per heavy atom. The predicted molar refractivity (Wildman–Crippen MR) is 78.9 cm³/mol. The van der Waals surface area contributed by atoms with Crippen molar-refractivity contribution in [3.63, 3.8) is 0 Å². The molecule has 3 rings (SSSR count). The molecule has 1 unspecified atom stereocenters. The number of fused-ring (bicyclic) bond motifs is 1. The summed E-state index contributed by atoms with van der Waals surface area (Å²) < 4.78 is 7.06. The van der Waals surface area contributed by atoms with E-state index < -0.39 is 6.10 Å². The number of aromatic nitrogens is 1. The molecule has 0 saturated carbocycles. The lowest BCUT2D eigenvalue weighted by atomic mass is 10.1. The fourth-order valence-corrected chi connectivity index (χ4v) is 2.37. The lowest BCUT2D eigenvalue weighted by molar-refractivity contribution is 0.0902. The monoisotopic (exact) mass is 284 g/mol. The van der Waals surface area contributed by atoms with Gasteiger partial charge in [-0.3, -0.25) is 4.79 Å². The summed E-state index contributed by atoms with van der Waals surface area (Å²) >= 11 is 0. The van der Waals surface area contributed by atoms with Crippen molar-refractivity contribution in [1.29, 1.82) is 0 Å². The molecular weight excluding hydrogens is 268 g/mol. The standard InChI is InChI=1S/C16H16N2O3/c1-18-8-7-11-12(4-2-5-13(11)18)16(20)17-10-14(19)15-6-3-9-21-15/h2-9,14,19H,10H2,1H3,(H,17,20). The number of aliphatic hydroxyl groups is 1. The van der Waals surface area contributed by atoms with E-state index in [-0.39, 0.29) is 12.5 Å². The number of amides is 1. The van der Waals surface area contributed by atoms with Gasteiger partial charge in [-0.25, -0.2) is 0 Å². The van der Waals surface area contributed by atoms with Gasteiger partial charge in [-0.1, -0.05) is 6.07 Å². The maximum Gasteiger partial charge on any atom is 0.252 e. The molecule has 2 aromatic heterocycles. The van der Waals surface area contributed by atoms with Crippen LogP contribution in [0, 0.1) is 0 Å². The van der Waals surface area contributed by atoms with Crippen LogP contribution in [-0.4, -0.2) is 22.1 Å². The molecule has 1 aromatic carbocycles. The molecule has 5 nitrogen and oxygen atoms in total. The first kappa shape index (κ1) is 13.5. The van der Waals surface area contributed by atoms with Crippen LogP contribution in [0.3, 0.4) is 0 Å². The van der Waals surface area contributed by atoms with Crippen molar-refractivity contribution in [2.75, 3.05) is 6.54 Å². The molecule has 0 saturated heterocycles. The highest BCUT2D eigenvalue weighted by Crippen LogP contribution is 2.19. The lowest BCUT2D eigenvalue weighted by Gasteiger charge is -2.10. The van der Waals surface area contributed by atoms with Crippen LogP contribution in [0.15, 0.2) is 53.3 Å². The van der Waals surface area contributed by atoms with Crippen molar-refractivity contribution >= 4 is 16.8 Å². The van der Waals surface area contributed by atoms with Gasteiger partial charge in [0.15, 0.2) is 0 Å². The molecule has 0 bridgehead atoms. The first-order valence-electron chi connectivity index (χ1n) is 6.70. The second-order valence-electron chi connectivity index (χ2n) is 4.91. The number of furan rings is 1. The summed E-state index contributed by atoms with van der Waals surface area (Å²) in [6, 6.07) is 10.9. The fraction of sp³-hybridized carbons (Fsp3) is 0.188. The Labute approximate surface area is 121 Å². The Morgan fingerprint density at radius 1 is 1.33 bits per heavy atom. The number of rotatable bonds is 4. The maximum absolute atomic E-state index is 12.3. The van der Waals surface area contributed by atoms with E-state index >= 15 is 0 Å². The number of hydrogen-bond acceptors (Lipinski definition) is 3. The van der Waals surface area contributed by atoms with Gasteiger partial charge < -0.3 is 19.4 Å². The quantitative estimate of drug-likeness (QED) is 0.772. The summed E-state index contributed by atoms with van der Waals surface area (Å²) in [5.41, 5.74) is 1.59. The number of carbonyl (C=O) groups excluding carboxylic acids is 1. The van der Waals surface area contributed by atoms with Crippen molar-refractivity contribution in [3.8, 4) is 0 Å². The van der Waals surface area contributed by atoms with Crippen molar-refractivity contribution in [2.24, 2.45) is 7.05 Å². The number of benzene rings is 1. The van der Waals surface area contributed by atoms with Crippen LogP contribution in [0.2, 0.25) is 0 Å². The van der Waals surface area contributed by atoms with Crippen molar-refractivity contribution in [2.45, 2.75) is 6.10 Å². The minimum atomic E-state index is -0.848. The molecule has 3 aromatic rings. The molecule has 21 heavy (non-hydrogen) atoms. The molecule has 0 spiro atoms. The van der Waals surface area contributed by atoms with Gasteiger partial charge in [0.2, 0.25) is 0 Å². The van der Waals surface area contributed by atoms with Crippen molar-refractivity contribution in [3.05, 3.63) is 60.2 Å². The Morgan fingerprint density at radius 3 is 2.95 bits per heavy atom. The maximum atomic E-state index is 12.3. The average Bonchev–Trinajstić information content (AvgIpc) is 3.14. The molecule has 0 aliphatic carbocycles. The van der Waals surface area contributed by atoms with Crippen LogP contribution in [0.25, 0.3) is 10.9 Å². The zero-order valence-corrected chi connectivity index (χ0v) is 11.6. The number of aryl methyl sites for hydroxylation is 1. The molecule has 0 aliphatic rings. The summed E-state index contributed by atoms with van der Waals surface area (Å²) in [6.07, 6.45) is 2.56. The Kier molecular flexibility index (Phi) is 3.50.